The lowest BCUT2D eigenvalue weighted by Gasteiger charge is -2.14. The van der Waals surface area contributed by atoms with Gasteiger partial charge in [0.15, 0.2) is 5.82 Å². The van der Waals surface area contributed by atoms with Crippen molar-refractivity contribution in [2.24, 2.45) is 0 Å². The van der Waals surface area contributed by atoms with Gasteiger partial charge in [-0.1, -0.05) is 182 Å². The summed E-state index contributed by atoms with van der Waals surface area (Å²) in [6.07, 6.45) is 0. The molecule has 2 nitrogen and oxygen atoms in total. The molecular weight excluding hydrogens is 677 g/mol. The highest BCUT2D eigenvalue weighted by Crippen LogP contribution is 2.49. The van der Waals surface area contributed by atoms with Gasteiger partial charge < -0.3 is 0 Å². The molecule has 11 rings (SSSR count). The lowest BCUT2D eigenvalue weighted by atomic mass is 9.90. The summed E-state index contributed by atoms with van der Waals surface area (Å²) in [6, 6.07) is 74.0. The van der Waals surface area contributed by atoms with Crippen LogP contribution in [0.15, 0.2) is 206 Å². The highest BCUT2D eigenvalue weighted by atomic mass is 14.9. The first-order valence-electron chi connectivity index (χ1n) is 19.1. The van der Waals surface area contributed by atoms with E-state index in [9.17, 15) is 0 Å². The van der Waals surface area contributed by atoms with Crippen LogP contribution in [-0.4, -0.2) is 9.97 Å². The summed E-state index contributed by atoms with van der Waals surface area (Å²) < 4.78 is 0. The van der Waals surface area contributed by atoms with Gasteiger partial charge in [0, 0.05) is 16.7 Å². The van der Waals surface area contributed by atoms with E-state index in [-0.39, 0.29) is 0 Å². The molecule has 0 atom stereocenters. The summed E-state index contributed by atoms with van der Waals surface area (Å²) >= 11 is 0. The Morgan fingerprint density at radius 2 is 0.804 bits per heavy atom. The highest BCUT2D eigenvalue weighted by molar-refractivity contribution is 6.18. The van der Waals surface area contributed by atoms with Gasteiger partial charge in [-0.05, 0) is 101 Å². The molecule has 2 heteroatoms. The average molecular weight is 711 g/mol. The summed E-state index contributed by atoms with van der Waals surface area (Å²) in [5.41, 5.74) is 17.4. The fourth-order valence-electron chi connectivity index (χ4n) is 8.53. The van der Waals surface area contributed by atoms with Crippen LogP contribution in [0.25, 0.3) is 111 Å². The van der Waals surface area contributed by atoms with E-state index in [1.54, 1.807) is 0 Å². The Bertz CT molecular complexity index is 3020. The maximum atomic E-state index is 5.13. The van der Waals surface area contributed by atoms with Gasteiger partial charge in [-0.15, -0.1) is 0 Å². The van der Waals surface area contributed by atoms with Crippen LogP contribution in [0.2, 0.25) is 0 Å². The van der Waals surface area contributed by atoms with Gasteiger partial charge in [0.2, 0.25) is 0 Å². The Labute approximate surface area is 326 Å². The standard InChI is InChI=1S/C54H34N2/c1-3-13-37(14-4-1)51-34-52(56-54(55-51)38-15-5-2-6-16-38)41-19-11-18-40(31-41)50-33-42(32-39-17-7-8-20-43(39)50)35-25-27-36(28-26-35)44-29-30-49-46-22-10-9-21-45(46)48-24-12-23-47(44)53(48)49/h1-34H. The first-order valence-corrected chi connectivity index (χ1v) is 19.1. The van der Waals surface area contributed by atoms with Gasteiger partial charge in [0.1, 0.15) is 0 Å². The molecule has 9 aromatic carbocycles. The Morgan fingerprint density at radius 3 is 1.59 bits per heavy atom. The van der Waals surface area contributed by atoms with Crippen LogP contribution < -0.4 is 0 Å². The van der Waals surface area contributed by atoms with Crippen LogP contribution in [0.1, 0.15) is 0 Å². The molecule has 1 aliphatic rings. The van der Waals surface area contributed by atoms with Crippen molar-refractivity contribution in [3.8, 4) is 89.5 Å². The zero-order chi connectivity index (χ0) is 37.0. The molecule has 1 heterocycles. The summed E-state index contributed by atoms with van der Waals surface area (Å²) in [7, 11) is 0. The van der Waals surface area contributed by atoms with Gasteiger partial charge in [0.05, 0.1) is 11.4 Å². The number of fused-ring (bicyclic) bond motifs is 4. The third kappa shape index (κ3) is 5.42. The van der Waals surface area contributed by atoms with Gasteiger partial charge >= 0.3 is 0 Å². The molecule has 260 valence electrons. The highest BCUT2D eigenvalue weighted by Gasteiger charge is 2.22. The van der Waals surface area contributed by atoms with Crippen molar-refractivity contribution < 1.29 is 0 Å². The minimum Gasteiger partial charge on any atom is -0.228 e. The monoisotopic (exact) mass is 710 g/mol. The molecule has 0 unspecified atom stereocenters. The van der Waals surface area contributed by atoms with Crippen molar-refractivity contribution in [2.75, 3.05) is 0 Å². The smallest absolute Gasteiger partial charge is 0.160 e. The van der Waals surface area contributed by atoms with Gasteiger partial charge in [0.25, 0.3) is 0 Å². The first-order chi connectivity index (χ1) is 27.7. The molecule has 0 aliphatic heterocycles. The number of aromatic nitrogens is 2. The van der Waals surface area contributed by atoms with E-state index in [0.717, 1.165) is 33.6 Å². The van der Waals surface area contributed by atoms with E-state index in [1.165, 1.54) is 71.6 Å². The Morgan fingerprint density at radius 1 is 0.250 bits per heavy atom. The number of hydrogen-bond acceptors (Lipinski definition) is 2. The van der Waals surface area contributed by atoms with E-state index >= 15 is 0 Å². The second kappa shape index (κ2) is 13.2. The summed E-state index contributed by atoms with van der Waals surface area (Å²) in [5, 5.41) is 5.08. The predicted octanol–water partition coefficient (Wildman–Crippen LogP) is 14.4. The number of nitrogens with zero attached hydrogens (tertiary/aromatic N) is 2. The largest absolute Gasteiger partial charge is 0.228 e. The van der Waals surface area contributed by atoms with Crippen molar-refractivity contribution in [1.82, 2.24) is 9.97 Å². The number of hydrogen-bond donors (Lipinski definition) is 0. The van der Waals surface area contributed by atoms with Gasteiger partial charge in [-0.2, -0.15) is 0 Å². The summed E-state index contributed by atoms with van der Waals surface area (Å²) in [4.78, 5) is 10.1. The van der Waals surface area contributed by atoms with Crippen molar-refractivity contribution in [3.05, 3.63) is 206 Å². The molecule has 0 amide bonds. The van der Waals surface area contributed by atoms with Crippen molar-refractivity contribution in [3.63, 3.8) is 0 Å². The second-order valence-electron chi connectivity index (χ2n) is 14.5. The normalized spacial score (nSPS) is 11.6. The molecule has 0 saturated carbocycles. The van der Waals surface area contributed by atoms with Crippen LogP contribution in [0, 0.1) is 0 Å². The zero-order valence-corrected chi connectivity index (χ0v) is 30.5. The van der Waals surface area contributed by atoms with Gasteiger partial charge in [-0.25, -0.2) is 9.97 Å². The van der Waals surface area contributed by atoms with E-state index in [4.69, 9.17) is 9.97 Å². The van der Waals surface area contributed by atoms with E-state index in [0.29, 0.717) is 5.82 Å². The van der Waals surface area contributed by atoms with Crippen LogP contribution in [0.5, 0.6) is 0 Å². The van der Waals surface area contributed by atoms with Gasteiger partial charge in [-0.3, -0.25) is 0 Å². The van der Waals surface area contributed by atoms with Crippen LogP contribution in [0.3, 0.4) is 0 Å². The Kier molecular flexibility index (Phi) is 7.53. The minimum absolute atomic E-state index is 0.713. The molecule has 10 aromatic rings. The zero-order valence-electron chi connectivity index (χ0n) is 30.5. The molecule has 0 bridgehead atoms. The van der Waals surface area contributed by atoms with Crippen LogP contribution in [-0.2, 0) is 0 Å². The molecule has 0 N–H and O–H groups in total. The maximum Gasteiger partial charge on any atom is 0.160 e. The molecule has 1 aromatic heterocycles. The Hall–Kier alpha value is -7.42. The fraction of sp³-hybridized carbons (Fsp3) is 0. The minimum atomic E-state index is 0.713. The Balaban J connectivity index is 0.993. The van der Waals surface area contributed by atoms with Crippen molar-refractivity contribution in [1.29, 1.82) is 0 Å². The third-order valence-electron chi connectivity index (χ3n) is 11.2. The van der Waals surface area contributed by atoms with E-state index < -0.39 is 0 Å². The first kappa shape index (κ1) is 32.0. The van der Waals surface area contributed by atoms with Crippen molar-refractivity contribution >= 4 is 21.5 Å². The summed E-state index contributed by atoms with van der Waals surface area (Å²) in [6.45, 7) is 0. The van der Waals surface area contributed by atoms with E-state index in [2.05, 4.69) is 182 Å². The molecule has 56 heavy (non-hydrogen) atoms. The second-order valence-corrected chi connectivity index (χ2v) is 14.5. The van der Waals surface area contributed by atoms with Crippen LogP contribution >= 0.6 is 0 Å². The summed E-state index contributed by atoms with van der Waals surface area (Å²) in [5.74, 6) is 0.713. The third-order valence-corrected chi connectivity index (χ3v) is 11.2. The predicted molar refractivity (Wildman–Crippen MR) is 234 cm³/mol. The molecule has 0 spiro atoms. The molecule has 0 radical (unpaired) electrons. The van der Waals surface area contributed by atoms with Crippen LogP contribution in [0.4, 0.5) is 0 Å². The quantitative estimate of drug-likeness (QED) is 0.172. The lowest BCUT2D eigenvalue weighted by Crippen LogP contribution is -1.96. The molecular formula is C54H34N2. The molecule has 1 aliphatic carbocycles. The average Bonchev–Trinajstić information content (AvgIpc) is 3.61. The fourth-order valence-corrected chi connectivity index (χ4v) is 8.53. The van der Waals surface area contributed by atoms with E-state index in [1.807, 2.05) is 24.3 Å². The number of benzene rings is 9. The SMILES string of the molecule is c1ccc(-c2cc(-c3cccc(-c4cc(-c5ccc(-c6ccc7c8c(cccc68)-c6ccccc6-7)cc5)cc5ccccc45)c3)nc(-c3ccccc3)n2)cc1. The van der Waals surface area contributed by atoms with Crippen molar-refractivity contribution in [2.45, 2.75) is 0 Å². The maximum absolute atomic E-state index is 5.13. The molecule has 0 fully saturated rings. The number of rotatable bonds is 6. The topological polar surface area (TPSA) is 25.8 Å². The lowest BCUT2D eigenvalue weighted by molar-refractivity contribution is 1.18. The molecule has 0 saturated heterocycles.